The monoisotopic (exact) mass is 391 g/mol. The van der Waals surface area contributed by atoms with Crippen molar-refractivity contribution in [1.82, 2.24) is 4.90 Å². The number of piperazine rings is 1. The predicted molar refractivity (Wildman–Crippen MR) is 110 cm³/mol. The van der Waals surface area contributed by atoms with Gasteiger partial charge in [-0.15, -0.1) is 0 Å². The van der Waals surface area contributed by atoms with Crippen molar-refractivity contribution in [3.8, 4) is 0 Å². The molecule has 1 saturated heterocycles. The van der Waals surface area contributed by atoms with Crippen LogP contribution >= 0.6 is 23.2 Å². The van der Waals surface area contributed by atoms with Crippen LogP contribution in [-0.2, 0) is 4.79 Å². The first-order chi connectivity index (χ1) is 12.4. The van der Waals surface area contributed by atoms with Gasteiger partial charge in [-0.05, 0) is 44.2 Å². The van der Waals surface area contributed by atoms with E-state index in [1.807, 2.05) is 0 Å². The highest BCUT2D eigenvalue weighted by Gasteiger charge is 2.25. The van der Waals surface area contributed by atoms with Gasteiger partial charge >= 0.3 is 0 Å². The number of carbonyl (C=O) groups excluding carboxylic acids is 1. The maximum Gasteiger partial charge on any atom is 0.238 e. The topological polar surface area (TPSA) is 35.6 Å². The van der Waals surface area contributed by atoms with Crippen molar-refractivity contribution in [2.45, 2.75) is 19.9 Å². The molecule has 1 aliphatic heterocycles. The Bertz CT molecular complexity index is 779. The summed E-state index contributed by atoms with van der Waals surface area (Å²) in [4.78, 5) is 16.9. The number of hydrogen-bond acceptors (Lipinski definition) is 3. The molecule has 0 aromatic heterocycles. The zero-order valence-electron chi connectivity index (χ0n) is 15.0. The Morgan fingerprint density at radius 1 is 1.15 bits per heavy atom. The zero-order chi connectivity index (χ0) is 18.7. The summed E-state index contributed by atoms with van der Waals surface area (Å²) in [5.74, 6) is -0.0786. The SMILES string of the molecule is Cc1ccc(N2CCN(CC(=O)Nc3cc(Cl)ccc3Cl)CC2C)cc1. The standard InChI is InChI=1S/C20H23Cl2N3O/c1-14-3-6-17(7-4-14)25-10-9-24(12-15(25)2)13-20(26)23-19-11-16(21)5-8-18(19)22/h3-8,11,15H,9-10,12-13H2,1-2H3,(H,23,26). The van der Waals surface area contributed by atoms with Crippen LogP contribution in [0.2, 0.25) is 10.0 Å². The van der Waals surface area contributed by atoms with Gasteiger partial charge in [-0.3, -0.25) is 9.69 Å². The van der Waals surface area contributed by atoms with E-state index in [9.17, 15) is 4.79 Å². The summed E-state index contributed by atoms with van der Waals surface area (Å²) in [7, 11) is 0. The molecule has 1 fully saturated rings. The average Bonchev–Trinajstić information content (AvgIpc) is 2.59. The summed E-state index contributed by atoms with van der Waals surface area (Å²) < 4.78 is 0. The van der Waals surface area contributed by atoms with E-state index < -0.39 is 0 Å². The predicted octanol–water partition coefficient (Wildman–Crippen LogP) is 4.45. The van der Waals surface area contributed by atoms with Crippen LogP contribution in [0.1, 0.15) is 12.5 Å². The van der Waals surface area contributed by atoms with E-state index in [2.05, 4.69) is 53.2 Å². The highest BCUT2D eigenvalue weighted by Crippen LogP contribution is 2.25. The summed E-state index contributed by atoms with van der Waals surface area (Å²) in [6.07, 6.45) is 0. The highest BCUT2D eigenvalue weighted by atomic mass is 35.5. The number of aryl methyl sites for hydroxylation is 1. The third-order valence-electron chi connectivity index (χ3n) is 4.65. The fraction of sp³-hybridized carbons (Fsp3) is 0.350. The molecule has 0 spiro atoms. The Morgan fingerprint density at radius 2 is 1.88 bits per heavy atom. The number of rotatable bonds is 4. The Morgan fingerprint density at radius 3 is 2.58 bits per heavy atom. The number of amides is 1. The molecular weight excluding hydrogens is 369 g/mol. The van der Waals surface area contributed by atoms with Gasteiger partial charge in [0.1, 0.15) is 0 Å². The van der Waals surface area contributed by atoms with Gasteiger partial charge in [-0.2, -0.15) is 0 Å². The normalized spacial score (nSPS) is 18.0. The van der Waals surface area contributed by atoms with Gasteiger partial charge in [0.25, 0.3) is 0 Å². The molecule has 3 rings (SSSR count). The fourth-order valence-electron chi connectivity index (χ4n) is 3.28. The number of nitrogens with zero attached hydrogens (tertiary/aromatic N) is 2. The number of halogens is 2. The second kappa shape index (κ2) is 8.30. The smallest absolute Gasteiger partial charge is 0.238 e. The molecule has 1 aliphatic rings. The van der Waals surface area contributed by atoms with Crippen molar-refractivity contribution in [3.63, 3.8) is 0 Å². The summed E-state index contributed by atoms with van der Waals surface area (Å²) in [6.45, 7) is 7.21. The van der Waals surface area contributed by atoms with Crippen molar-refractivity contribution in [2.24, 2.45) is 0 Å². The van der Waals surface area contributed by atoms with Gasteiger partial charge in [-0.1, -0.05) is 40.9 Å². The molecule has 26 heavy (non-hydrogen) atoms. The lowest BCUT2D eigenvalue weighted by atomic mass is 10.1. The molecular formula is C20H23Cl2N3O. The van der Waals surface area contributed by atoms with E-state index in [1.165, 1.54) is 11.3 Å². The maximum atomic E-state index is 12.4. The summed E-state index contributed by atoms with van der Waals surface area (Å²) in [5.41, 5.74) is 3.05. The molecule has 0 aliphatic carbocycles. The number of hydrogen-bond donors (Lipinski definition) is 1. The minimum Gasteiger partial charge on any atom is -0.366 e. The minimum atomic E-state index is -0.0786. The molecule has 0 radical (unpaired) electrons. The second-order valence-corrected chi connectivity index (χ2v) is 7.63. The largest absolute Gasteiger partial charge is 0.366 e. The molecule has 0 saturated carbocycles. The molecule has 1 unspecified atom stereocenters. The van der Waals surface area contributed by atoms with Crippen molar-refractivity contribution in [3.05, 3.63) is 58.1 Å². The third kappa shape index (κ3) is 4.70. The molecule has 1 atom stereocenters. The molecule has 6 heteroatoms. The van der Waals surface area contributed by atoms with Gasteiger partial charge in [0, 0.05) is 36.4 Å². The molecule has 2 aromatic carbocycles. The van der Waals surface area contributed by atoms with E-state index in [4.69, 9.17) is 23.2 Å². The second-order valence-electron chi connectivity index (χ2n) is 6.79. The van der Waals surface area contributed by atoms with Crippen molar-refractivity contribution < 1.29 is 4.79 Å². The van der Waals surface area contributed by atoms with Crippen LogP contribution in [0, 0.1) is 6.92 Å². The first kappa shape index (κ1) is 19.0. The van der Waals surface area contributed by atoms with Gasteiger partial charge in [-0.25, -0.2) is 0 Å². The van der Waals surface area contributed by atoms with Crippen molar-refractivity contribution in [2.75, 3.05) is 36.4 Å². The van der Waals surface area contributed by atoms with Gasteiger partial charge < -0.3 is 10.2 Å². The maximum absolute atomic E-state index is 12.4. The van der Waals surface area contributed by atoms with E-state index in [0.717, 1.165) is 19.6 Å². The summed E-state index contributed by atoms with van der Waals surface area (Å²) >= 11 is 12.1. The quantitative estimate of drug-likeness (QED) is 0.835. The van der Waals surface area contributed by atoms with Gasteiger partial charge in [0.05, 0.1) is 17.3 Å². The van der Waals surface area contributed by atoms with Crippen LogP contribution in [0.3, 0.4) is 0 Å². The Balaban J connectivity index is 1.56. The summed E-state index contributed by atoms with van der Waals surface area (Å²) in [5, 5.41) is 3.88. The van der Waals surface area contributed by atoms with E-state index in [1.54, 1.807) is 18.2 Å². The minimum absolute atomic E-state index is 0.0786. The van der Waals surface area contributed by atoms with Crippen molar-refractivity contribution >= 4 is 40.5 Å². The van der Waals surface area contributed by atoms with Crippen LogP contribution in [0.15, 0.2) is 42.5 Å². The Labute approximate surface area is 164 Å². The lowest BCUT2D eigenvalue weighted by Crippen LogP contribution is -2.53. The Hall–Kier alpha value is -1.75. The highest BCUT2D eigenvalue weighted by molar-refractivity contribution is 6.35. The van der Waals surface area contributed by atoms with Crippen LogP contribution in [0.4, 0.5) is 11.4 Å². The number of anilines is 2. The number of carbonyl (C=O) groups is 1. The lowest BCUT2D eigenvalue weighted by molar-refractivity contribution is -0.117. The first-order valence-corrected chi connectivity index (χ1v) is 9.48. The number of benzene rings is 2. The molecule has 4 nitrogen and oxygen atoms in total. The molecule has 1 amide bonds. The van der Waals surface area contributed by atoms with E-state index in [-0.39, 0.29) is 5.91 Å². The van der Waals surface area contributed by atoms with Crippen LogP contribution < -0.4 is 10.2 Å². The van der Waals surface area contributed by atoms with Crippen LogP contribution in [0.5, 0.6) is 0 Å². The van der Waals surface area contributed by atoms with E-state index in [0.29, 0.717) is 28.3 Å². The van der Waals surface area contributed by atoms with Crippen LogP contribution in [-0.4, -0.2) is 43.0 Å². The summed E-state index contributed by atoms with van der Waals surface area (Å²) in [6, 6.07) is 14.0. The molecule has 0 bridgehead atoms. The van der Waals surface area contributed by atoms with E-state index >= 15 is 0 Å². The molecule has 1 N–H and O–H groups in total. The third-order valence-corrected chi connectivity index (χ3v) is 5.21. The zero-order valence-corrected chi connectivity index (χ0v) is 16.5. The Kier molecular flexibility index (Phi) is 6.07. The van der Waals surface area contributed by atoms with Gasteiger partial charge in [0.15, 0.2) is 0 Å². The molecule has 2 aromatic rings. The molecule has 138 valence electrons. The van der Waals surface area contributed by atoms with Gasteiger partial charge in [0.2, 0.25) is 5.91 Å². The average molecular weight is 392 g/mol. The van der Waals surface area contributed by atoms with Crippen LogP contribution in [0.25, 0.3) is 0 Å². The first-order valence-electron chi connectivity index (χ1n) is 8.73. The van der Waals surface area contributed by atoms with Crippen molar-refractivity contribution in [1.29, 1.82) is 0 Å². The lowest BCUT2D eigenvalue weighted by Gasteiger charge is -2.41. The number of nitrogens with one attached hydrogen (secondary N) is 1. The molecule has 1 heterocycles. The fourth-order valence-corrected chi connectivity index (χ4v) is 3.62.